The third kappa shape index (κ3) is 2.17. The van der Waals surface area contributed by atoms with Crippen LogP contribution in [0, 0.1) is 10.8 Å². The highest BCUT2D eigenvalue weighted by atomic mass is 17.4. The molecular formula is C9H18O2. The molecule has 0 saturated carbocycles. The van der Waals surface area contributed by atoms with Crippen molar-refractivity contribution < 1.29 is 9.78 Å². The second-order valence-electron chi connectivity index (χ2n) is 4.96. The maximum atomic E-state index is 4.74. The molecule has 2 heteroatoms. The van der Waals surface area contributed by atoms with Crippen LogP contribution in [0.1, 0.15) is 41.0 Å². The first-order valence-electron chi connectivity index (χ1n) is 4.15. The maximum Gasteiger partial charge on any atom is 0.225 e. The molecule has 0 unspecified atom stereocenters. The fraction of sp³-hybridized carbons (Fsp3) is 1.00. The van der Waals surface area contributed by atoms with Crippen molar-refractivity contribution >= 4 is 0 Å². The average Bonchev–Trinajstić information content (AvgIpc) is 2.45. The summed E-state index contributed by atoms with van der Waals surface area (Å²) in [4.78, 5) is 9.48. The smallest absolute Gasteiger partial charge is 0.198 e. The monoisotopic (exact) mass is 158 g/mol. The highest BCUT2D eigenvalue weighted by molar-refractivity contribution is 4.83. The molecule has 0 spiro atoms. The summed E-state index contributed by atoms with van der Waals surface area (Å²) in [7, 11) is 0. The lowest BCUT2D eigenvalue weighted by Crippen LogP contribution is -2.30. The van der Waals surface area contributed by atoms with E-state index in [0.717, 1.165) is 6.42 Å². The SMILES string of the molecule is CC(C)(C)C(C)(C)CC1OO1. The second-order valence-corrected chi connectivity index (χ2v) is 4.96. The predicted octanol–water partition coefficient (Wildman–Crippen LogP) is 2.74. The predicted molar refractivity (Wildman–Crippen MR) is 43.8 cm³/mol. The number of hydrogen-bond acceptors (Lipinski definition) is 2. The van der Waals surface area contributed by atoms with Gasteiger partial charge >= 0.3 is 0 Å². The van der Waals surface area contributed by atoms with Crippen LogP contribution in [-0.4, -0.2) is 6.29 Å². The van der Waals surface area contributed by atoms with E-state index in [1.807, 2.05) is 0 Å². The van der Waals surface area contributed by atoms with Crippen molar-refractivity contribution in [2.45, 2.75) is 47.3 Å². The van der Waals surface area contributed by atoms with Crippen molar-refractivity contribution in [2.24, 2.45) is 10.8 Å². The van der Waals surface area contributed by atoms with E-state index in [2.05, 4.69) is 34.6 Å². The topological polar surface area (TPSA) is 25.1 Å². The van der Waals surface area contributed by atoms with Crippen LogP contribution in [-0.2, 0) is 9.78 Å². The molecule has 1 aliphatic heterocycles. The quantitative estimate of drug-likeness (QED) is 0.456. The summed E-state index contributed by atoms with van der Waals surface area (Å²) in [5, 5.41) is 0. The molecule has 11 heavy (non-hydrogen) atoms. The molecule has 1 saturated heterocycles. The van der Waals surface area contributed by atoms with Gasteiger partial charge in [-0.1, -0.05) is 34.6 Å². The van der Waals surface area contributed by atoms with Gasteiger partial charge in [0.1, 0.15) is 0 Å². The first-order valence-corrected chi connectivity index (χ1v) is 4.15. The van der Waals surface area contributed by atoms with Crippen molar-refractivity contribution in [3.05, 3.63) is 0 Å². The maximum absolute atomic E-state index is 4.74. The molecule has 0 radical (unpaired) electrons. The Morgan fingerprint density at radius 3 is 1.73 bits per heavy atom. The standard InChI is InChI=1S/C9H18O2/c1-8(2,3)9(4,5)6-7-10-11-7/h7H,6H2,1-5H3. The molecule has 0 N–H and O–H groups in total. The van der Waals surface area contributed by atoms with E-state index < -0.39 is 0 Å². The van der Waals surface area contributed by atoms with Gasteiger partial charge in [-0.15, -0.1) is 0 Å². The number of hydrogen-bond donors (Lipinski definition) is 0. The van der Waals surface area contributed by atoms with E-state index in [4.69, 9.17) is 9.78 Å². The van der Waals surface area contributed by atoms with Crippen molar-refractivity contribution in [3.63, 3.8) is 0 Å². The van der Waals surface area contributed by atoms with Gasteiger partial charge < -0.3 is 0 Å². The minimum absolute atomic E-state index is 0.0595. The lowest BCUT2D eigenvalue weighted by Gasteiger charge is -2.37. The summed E-state index contributed by atoms with van der Waals surface area (Å²) >= 11 is 0. The van der Waals surface area contributed by atoms with Crippen LogP contribution in [0.3, 0.4) is 0 Å². The second kappa shape index (κ2) is 2.46. The molecule has 0 aliphatic carbocycles. The minimum Gasteiger partial charge on any atom is -0.198 e. The molecule has 1 fully saturated rings. The van der Waals surface area contributed by atoms with Crippen LogP contribution in [0.15, 0.2) is 0 Å². The van der Waals surface area contributed by atoms with Gasteiger partial charge in [0, 0.05) is 6.42 Å². The lowest BCUT2D eigenvalue weighted by atomic mass is 9.67. The highest BCUT2D eigenvalue weighted by Crippen LogP contribution is 2.44. The molecule has 0 bridgehead atoms. The Morgan fingerprint density at radius 1 is 1.00 bits per heavy atom. The molecule has 0 amide bonds. The molecule has 0 aromatic heterocycles. The van der Waals surface area contributed by atoms with Gasteiger partial charge in [-0.3, -0.25) is 0 Å². The van der Waals surface area contributed by atoms with Gasteiger partial charge in [-0.25, -0.2) is 0 Å². The molecule has 0 atom stereocenters. The van der Waals surface area contributed by atoms with Gasteiger partial charge in [0.15, 0.2) is 0 Å². The summed E-state index contributed by atoms with van der Waals surface area (Å²) in [5.74, 6) is 0. The van der Waals surface area contributed by atoms with Gasteiger partial charge in [0.05, 0.1) is 0 Å². The zero-order valence-electron chi connectivity index (χ0n) is 8.10. The summed E-state index contributed by atoms with van der Waals surface area (Å²) in [6.07, 6.45) is 1.04. The average molecular weight is 158 g/mol. The van der Waals surface area contributed by atoms with Gasteiger partial charge in [-0.05, 0) is 10.8 Å². The Balaban J connectivity index is 2.49. The van der Waals surface area contributed by atoms with Crippen LogP contribution < -0.4 is 0 Å². The first kappa shape index (κ1) is 9.01. The Labute approximate surface area is 68.8 Å². The highest BCUT2D eigenvalue weighted by Gasteiger charge is 2.40. The molecule has 66 valence electrons. The first-order chi connectivity index (χ1) is 4.83. The summed E-state index contributed by atoms with van der Waals surface area (Å²) in [6.45, 7) is 11.2. The molecule has 1 aliphatic rings. The van der Waals surface area contributed by atoms with Crippen LogP contribution in [0.25, 0.3) is 0 Å². The molecular weight excluding hydrogens is 140 g/mol. The molecule has 0 aromatic carbocycles. The van der Waals surface area contributed by atoms with E-state index in [-0.39, 0.29) is 11.7 Å². The zero-order chi connectivity index (χ0) is 8.70. The normalized spacial score (nSPS) is 20.5. The summed E-state index contributed by atoms with van der Waals surface area (Å²) in [5.41, 5.74) is 0.580. The largest absolute Gasteiger partial charge is 0.225 e. The van der Waals surface area contributed by atoms with Crippen molar-refractivity contribution in [1.82, 2.24) is 0 Å². The van der Waals surface area contributed by atoms with E-state index in [1.165, 1.54) is 0 Å². The minimum atomic E-state index is 0.0595. The van der Waals surface area contributed by atoms with Crippen molar-refractivity contribution in [3.8, 4) is 0 Å². The Morgan fingerprint density at radius 2 is 1.45 bits per heavy atom. The fourth-order valence-corrected chi connectivity index (χ4v) is 0.830. The fourth-order valence-electron chi connectivity index (χ4n) is 0.830. The third-order valence-corrected chi connectivity index (χ3v) is 2.94. The molecule has 2 nitrogen and oxygen atoms in total. The third-order valence-electron chi connectivity index (χ3n) is 2.94. The molecule has 0 aromatic rings. The zero-order valence-corrected chi connectivity index (χ0v) is 8.10. The Kier molecular flexibility index (Phi) is 2.01. The molecule has 1 rings (SSSR count). The van der Waals surface area contributed by atoms with E-state index >= 15 is 0 Å². The van der Waals surface area contributed by atoms with Crippen molar-refractivity contribution in [2.75, 3.05) is 0 Å². The van der Waals surface area contributed by atoms with E-state index in [1.54, 1.807) is 0 Å². The van der Waals surface area contributed by atoms with E-state index in [9.17, 15) is 0 Å². The van der Waals surface area contributed by atoms with Crippen LogP contribution in [0.5, 0.6) is 0 Å². The van der Waals surface area contributed by atoms with Crippen LogP contribution in [0.4, 0.5) is 0 Å². The number of rotatable bonds is 2. The summed E-state index contributed by atoms with van der Waals surface area (Å²) in [6, 6.07) is 0. The Hall–Kier alpha value is -0.0800. The van der Waals surface area contributed by atoms with Gasteiger partial charge in [0.2, 0.25) is 6.29 Å². The summed E-state index contributed by atoms with van der Waals surface area (Å²) < 4.78 is 0. The Bertz CT molecular complexity index is 140. The van der Waals surface area contributed by atoms with E-state index in [0.29, 0.717) is 5.41 Å². The van der Waals surface area contributed by atoms with Crippen molar-refractivity contribution in [1.29, 1.82) is 0 Å². The lowest BCUT2D eigenvalue weighted by molar-refractivity contribution is 0.0850. The van der Waals surface area contributed by atoms with Gasteiger partial charge in [-0.2, -0.15) is 9.78 Å². The van der Waals surface area contributed by atoms with Gasteiger partial charge in [0.25, 0.3) is 0 Å². The van der Waals surface area contributed by atoms with Crippen LogP contribution in [0.2, 0.25) is 0 Å². The van der Waals surface area contributed by atoms with Crippen LogP contribution >= 0.6 is 0 Å². The molecule has 1 heterocycles.